The van der Waals surface area contributed by atoms with Crippen molar-refractivity contribution in [3.8, 4) is 5.75 Å². The van der Waals surface area contributed by atoms with E-state index in [-0.39, 0.29) is 5.91 Å². The van der Waals surface area contributed by atoms with Gasteiger partial charge in [0.15, 0.2) is 0 Å². The summed E-state index contributed by atoms with van der Waals surface area (Å²) in [6.45, 7) is 5.49. The van der Waals surface area contributed by atoms with Gasteiger partial charge in [-0.05, 0) is 31.2 Å². The van der Waals surface area contributed by atoms with Crippen molar-refractivity contribution in [1.82, 2.24) is 5.32 Å². The fraction of sp³-hybridized carbons (Fsp3) is 0.417. The third-order valence-electron chi connectivity index (χ3n) is 1.99. The fourth-order valence-electron chi connectivity index (χ4n) is 1.28. The van der Waals surface area contributed by atoms with Crippen molar-refractivity contribution in [3.63, 3.8) is 0 Å². The Hall–Kier alpha value is -1.71. The quantitative estimate of drug-likeness (QED) is 0.719. The van der Waals surface area contributed by atoms with Crippen LogP contribution in [0.15, 0.2) is 24.3 Å². The maximum absolute atomic E-state index is 10.6. The molecule has 1 aromatic rings. The standard InChI is InChI=1S/C12H18N2O2/c1-3-16-12-6-4-11(5-7-12)14-9-8-13-10(2)15/h4-7,14H,3,8-9H2,1-2H3,(H,13,15). The Bertz CT molecular complexity index is 322. The van der Waals surface area contributed by atoms with Gasteiger partial charge in [0.2, 0.25) is 5.91 Å². The first-order valence-corrected chi connectivity index (χ1v) is 5.43. The Labute approximate surface area is 96.0 Å². The van der Waals surface area contributed by atoms with E-state index in [1.165, 1.54) is 6.92 Å². The first-order chi connectivity index (χ1) is 7.72. The van der Waals surface area contributed by atoms with Gasteiger partial charge in [0.1, 0.15) is 5.75 Å². The van der Waals surface area contributed by atoms with E-state index >= 15 is 0 Å². The molecular weight excluding hydrogens is 204 g/mol. The zero-order chi connectivity index (χ0) is 11.8. The number of ether oxygens (including phenoxy) is 1. The van der Waals surface area contributed by atoms with Gasteiger partial charge in [-0.2, -0.15) is 0 Å². The Kier molecular flexibility index (Phi) is 5.19. The summed E-state index contributed by atoms with van der Waals surface area (Å²) >= 11 is 0. The first kappa shape index (κ1) is 12.4. The summed E-state index contributed by atoms with van der Waals surface area (Å²) in [5.41, 5.74) is 1.02. The highest BCUT2D eigenvalue weighted by Crippen LogP contribution is 2.14. The second-order valence-electron chi connectivity index (χ2n) is 3.37. The number of hydrogen-bond donors (Lipinski definition) is 2. The highest BCUT2D eigenvalue weighted by Gasteiger charge is 1.94. The predicted octanol–water partition coefficient (Wildman–Crippen LogP) is 1.63. The molecular formula is C12H18N2O2. The van der Waals surface area contributed by atoms with E-state index in [0.29, 0.717) is 19.7 Å². The molecule has 0 spiro atoms. The lowest BCUT2D eigenvalue weighted by Gasteiger charge is -2.08. The van der Waals surface area contributed by atoms with Gasteiger partial charge < -0.3 is 15.4 Å². The van der Waals surface area contributed by atoms with Crippen LogP contribution < -0.4 is 15.4 Å². The molecule has 0 aromatic heterocycles. The van der Waals surface area contributed by atoms with E-state index < -0.39 is 0 Å². The van der Waals surface area contributed by atoms with Crippen LogP contribution in [0.5, 0.6) is 5.75 Å². The molecule has 0 aliphatic rings. The highest BCUT2D eigenvalue weighted by atomic mass is 16.5. The lowest BCUT2D eigenvalue weighted by Crippen LogP contribution is -2.26. The Morgan fingerprint density at radius 2 is 1.94 bits per heavy atom. The predicted molar refractivity (Wildman–Crippen MR) is 64.8 cm³/mol. The number of rotatable bonds is 6. The minimum atomic E-state index is -0.00602. The molecule has 4 nitrogen and oxygen atoms in total. The summed E-state index contributed by atoms with van der Waals surface area (Å²) in [6.07, 6.45) is 0. The van der Waals surface area contributed by atoms with Gasteiger partial charge in [-0.15, -0.1) is 0 Å². The molecule has 0 unspecified atom stereocenters. The van der Waals surface area contributed by atoms with Crippen molar-refractivity contribution in [2.45, 2.75) is 13.8 Å². The van der Waals surface area contributed by atoms with Crippen molar-refractivity contribution in [2.75, 3.05) is 25.0 Å². The van der Waals surface area contributed by atoms with E-state index in [1.807, 2.05) is 31.2 Å². The molecule has 2 N–H and O–H groups in total. The second kappa shape index (κ2) is 6.71. The molecule has 0 bridgehead atoms. The largest absolute Gasteiger partial charge is 0.494 e. The molecule has 88 valence electrons. The third-order valence-corrected chi connectivity index (χ3v) is 1.99. The van der Waals surface area contributed by atoms with Crippen LogP contribution in [0.2, 0.25) is 0 Å². The van der Waals surface area contributed by atoms with Gasteiger partial charge in [-0.25, -0.2) is 0 Å². The zero-order valence-corrected chi connectivity index (χ0v) is 9.75. The third kappa shape index (κ3) is 4.68. The minimum absolute atomic E-state index is 0.00602. The van der Waals surface area contributed by atoms with Crippen molar-refractivity contribution < 1.29 is 9.53 Å². The Balaban J connectivity index is 2.29. The Morgan fingerprint density at radius 3 is 2.50 bits per heavy atom. The van der Waals surface area contributed by atoms with Gasteiger partial charge in [-0.3, -0.25) is 4.79 Å². The molecule has 0 heterocycles. The molecule has 0 atom stereocenters. The lowest BCUT2D eigenvalue weighted by atomic mass is 10.3. The molecule has 1 rings (SSSR count). The maximum Gasteiger partial charge on any atom is 0.216 e. The van der Waals surface area contributed by atoms with Crippen molar-refractivity contribution in [3.05, 3.63) is 24.3 Å². The van der Waals surface area contributed by atoms with E-state index in [9.17, 15) is 4.79 Å². The van der Waals surface area contributed by atoms with Crippen LogP contribution in [0.25, 0.3) is 0 Å². The average molecular weight is 222 g/mol. The number of amides is 1. The first-order valence-electron chi connectivity index (χ1n) is 5.43. The molecule has 0 radical (unpaired) electrons. The van der Waals surface area contributed by atoms with Gasteiger partial charge in [-0.1, -0.05) is 0 Å². The van der Waals surface area contributed by atoms with Crippen LogP contribution in [0, 0.1) is 0 Å². The van der Waals surface area contributed by atoms with Crippen LogP contribution >= 0.6 is 0 Å². The number of carbonyl (C=O) groups excluding carboxylic acids is 1. The van der Waals surface area contributed by atoms with E-state index in [2.05, 4.69) is 10.6 Å². The number of carbonyl (C=O) groups is 1. The molecule has 1 aromatic carbocycles. The fourth-order valence-corrected chi connectivity index (χ4v) is 1.28. The molecule has 0 aliphatic heterocycles. The summed E-state index contributed by atoms with van der Waals surface area (Å²) in [7, 11) is 0. The van der Waals surface area contributed by atoms with Gasteiger partial charge >= 0.3 is 0 Å². The molecule has 0 saturated heterocycles. The van der Waals surface area contributed by atoms with E-state index in [0.717, 1.165) is 11.4 Å². The molecule has 0 aliphatic carbocycles. The lowest BCUT2D eigenvalue weighted by molar-refractivity contribution is -0.118. The topological polar surface area (TPSA) is 50.4 Å². The van der Waals surface area contributed by atoms with Crippen LogP contribution in [-0.4, -0.2) is 25.6 Å². The summed E-state index contributed by atoms with van der Waals surface area (Å²) < 4.78 is 5.33. The van der Waals surface area contributed by atoms with Crippen molar-refractivity contribution >= 4 is 11.6 Å². The van der Waals surface area contributed by atoms with Crippen molar-refractivity contribution in [2.24, 2.45) is 0 Å². The van der Waals surface area contributed by atoms with Gasteiger partial charge in [0.25, 0.3) is 0 Å². The zero-order valence-electron chi connectivity index (χ0n) is 9.75. The summed E-state index contributed by atoms with van der Waals surface area (Å²) in [5, 5.41) is 5.92. The molecule has 0 fully saturated rings. The summed E-state index contributed by atoms with van der Waals surface area (Å²) in [4.78, 5) is 10.6. The maximum atomic E-state index is 10.6. The molecule has 1 amide bonds. The second-order valence-corrected chi connectivity index (χ2v) is 3.37. The van der Waals surface area contributed by atoms with Gasteiger partial charge in [0, 0.05) is 25.7 Å². The van der Waals surface area contributed by atoms with E-state index in [1.54, 1.807) is 0 Å². The van der Waals surface area contributed by atoms with Crippen molar-refractivity contribution in [1.29, 1.82) is 0 Å². The summed E-state index contributed by atoms with van der Waals surface area (Å²) in [5.74, 6) is 0.864. The SMILES string of the molecule is CCOc1ccc(NCCNC(C)=O)cc1. The number of hydrogen-bond acceptors (Lipinski definition) is 3. The van der Waals surface area contributed by atoms with E-state index in [4.69, 9.17) is 4.74 Å². The monoisotopic (exact) mass is 222 g/mol. The van der Waals surface area contributed by atoms with Crippen LogP contribution in [0.4, 0.5) is 5.69 Å². The van der Waals surface area contributed by atoms with Crippen LogP contribution in [0.1, 0.15) is 13.8 Å². The number of benzene rings is 1. The van der Waals surface area contributed by atoms with Crippen LogP contribution in [-0.2, 0) is 4.79 Å². The smallest absolute Gasteiger partial charge is 0.216 e. The van der Waals surface area contributed by atoms with Gasteiger partial charge in [0.05, 0.1) is 6.61 Å². The Morgan fingerprint density at radius 1 is 1.25 bits per heavy atom. The molecule has 16 heavy (non-hydrogen) atoms. The molecule has 4 heteroatoms. The number of anilines is 1. The minimum Gasteiger partial charge on any atom is -0.494 e. The molecule has 0 saturated carbocycles. The highest BCUT2D eigenvalue weighted by molar-refractivity contribution is 5.72. The van der Waals surface area contributed by atoms with Crippen LogP contribution in [0.3, 0.4) is 0 Å². The summed E-state index contributed by atoms with van der Waals surface area (Å²) in [6, 6.07) is 7.76. The normalized spacial score (nSPS) is 9.62. The number of nitrogens with one attached hydrogen (secondary N) is 2. The average Bonchev–Trinajstić information content (AvgIpc) is 2.27.